The Balaban J connectivity index is 1.57. The second-order valence-corrected chi connectivity index (χ2v) is 7.25. The zero-order valence-corrected chi connectivity index (χ0v) is 14.5. The van der Waals surface area contributed by atoms with Gasteiger partial charge in [0.1, 0.15) is 17.1 Å². The minimum Gasteiger partial charge on any atom is -0.381 e. The number of anilines is 1. The third kappa shape index (κ3) is 3.30. The van der Waals surface area contributed by atoms with Crippen LogP contribution in [0.5, 0.6) is 0 Å². The maximum absolute atomic E-state index is 9.32. The summed E-state index contributed by atoms with van der Waals surface area (Å²) in [5.74, 6) is 1.26. The summed E-state index contributed by atoms with van der Waals surface area (Å²) in [7, 11) is 0. The third-order valence-corrected chi connectivity index (χ3v) is 5.13. The zero-order chi connectivity index (χ0) is 17.2. The van der Waals surface area contributed by atoms with Gasteiger partial charge in [0.05, 0.1) is 24.5 Å². The standard InChI is InChI=1S/C19H23N5O/c1-13-6-16(23-8-14-11-25-12-14)10-24(9-13)17-3-2-15(7-20)18-19(17)22-5-4-21-18/h2-5,13-14,16,23H,6,8-12H2,1H3. The molecule has 2 atom stereocenters. The first kappa shape index (κ1) is 16.2. The fourth-order valence-corrected chi connectivity index (χ4v) is 3.82. The highest BCUT2D eigenvalue weighted by molar-refractivity contribution is 5.92. The van der Waals surface area contributed by atoms with Crippen LogP contribution in [-0.2, 0) is 4.74 Å². The van der Waals surface area contributed by atoms with E-state index in [-0.39, 0.29) is 0 Å². The van der Waals surface area contributed by atoms with Gasteiger partial charge in [0.15, 0.2) is 0 Å². The molecule has 2 unspecified atom stereocenters. The summed E-state index contributed by atoms with van der Waals surface area (Å²) in [6.07, 6.45) is 4.54. The van der Waals surface area contributed by atoms with E-state index in [4.69, 9.17) is 4.74 Å². The molecule has 3 heterocycles. The number of aromatic nitrogens is 2. The van der Waals surface area contributed by atoms with Crippen molar-refractivity contribution in [1.82, 2.24) is 15.3 Å². The lowest BCUT2D eigenvalue weighted by atomic mass is 9.94. The van der Waals surface area contributed by atoms with Crippen LogP contribution >= 0.6 is 0 Å². The zero-order valence-electron chi connectivity index (χ0n) is 14.5. The molecule has 6 heteroatoms. The van der Waals surface area contributed by atoms with Crippen LogP contribution in [0, 0.1) is 23.2 Å². The molecule has 1 aromatic heterocycles. The number of nitrogens with one attached hydrogen (secondary N) is 1. The lowest BCUT2D eigenvalue weighted by molar-refractivity contribution is -0.0319. The second kappa shape index (κ2) is 6.95. The molecule has 6 nitrogen and oxygen atoms in total. The molecule has 2 aromatic rings. The molecule has 25 heavy (non-hydrogen) atoms. The van der Waals surface area contributed by atoms with Gasteiger partial charge in [0, 0.05) is 44.0 Å². The first-order chi connectivity index (χ1) is 12.2. The third-order valence-electron chi connectivity index (χ3n) is 5.13. The van der Waals surface area contributed by atoms with Gasteiger partial charge in [0.2, 0.25) is 0 Å². The van der Waals surface area contributed by atoms with Gasteiger partial charge in [-0.1, -0.05) is 6.92 Å². The van der Waals surface area contributed by atoms with Gasteiger partial charge in [-0.3, -0.25) is 9.97 Å². The van der Waals surface area contributed by atoms with Crippen molar-refractivity contribution in [2.45, 2.75) is 19.4 Å². The first-order valence-electron chi connectivity index (χ1n) is 8.94. The van der Waals surface area contributed by atoms with E-state index in [9.17, 15) is 5.26 Å². The minimum absolute atomic E-state index is 0.465. The van der Waals surface area contributed by atoms with Crippen molar-refractivity contribution in [3.8, 4) is 6.07 Å². The normalized spacial score (nSPS) is 24.1. The largest absolute Gasteiger partial charge is 0.381 e. The van der Waals surface area contributed by atoms with Crippen LogP contribution in [0.15, 0.2) is 24.5 Å². The van der Waals surface area contributed by atoms with E-state index in [0.29, 0.717) is 29.0 Å². The number of hydrogen-bond donors (Lipinski definition) is 1. The Morgan fingerprint density at radius 1 is 1.24 bits per heavy atom. The monoisotopic (exact) mass is 337 g/mol. The molecule has 1 aromatic carbocycles. The summed E-state index contributed by atoms with van der Waals surface area (Å²) in [6.45, 7) is 7.05. The highest BCUT2D eigenvalue weighted by Gasteiger charge is 2.28. The van der Waals surface area contributed by atoms with E-state index in [1.807, 2.05) is 12.1 Å². The number of nitriles is 1. The Morgan fingerprint density at radius 2 is 2.04 bits per heavy atom. The number of ether oxygens (including phenoxy) is 1. The van der Waals surface area contributed by atoms with Crippen molar-refractivity contribution in [2.75, 3.05) is 37.7 Å². The smallest absolute Gasteiger partial charge is 0.113 e. The topological polar surface area (TPSA) is 74.1 Å². The van der Waals surface area contributed by atoms with Crippen LogP contribution in [0.1, 0.15) is 18.9 Å². The summed E-state index contributed by atoms with van der Waals surface area (Å²) in [5.41, 5.74) is 3.17. The molecule has 2 aliphatic heterocycles. The van der Waals surface area contributed by atoms with E-state index >= 15 is 0 Å². The van der Waals surface area contributed by atoms with E-state index in [0.717, 1.165) is 44.1 Å². The maximum atomic E-state index is 9.32. The number of rotatable bonds is 4. The van der Waals surface area contributed by atoms with Crippen molar-refractivity contribution in [3.05, 3.63) is 30.1 Å². The van der Waals surface area contributed by atoms with Crippen molar-refractivity contribution in [3.63, 3.8) is 0 Å². The Kier molecular flexibility index (Phi) is 4.51. The quantitative estimate of drug-likeness (QED) is 0.919. The van der Waals surface area contributed by atoms with E-state index in [2.05, 4.69) is 33.2 Å². The van der Waals surface area contributed by atoms with Crippen molar-refractivity contribution < 1.29 is 4.74 Å². The van der Waals surface area contributed by atoms with Gasteiger partial charge in [-0.25, -0.2) is 0 Å². The minimum atomic E-state index is 0.465. The van der Waals surface area contributed by atoms with Crippen LogP contribution in [-0.4, -0.2) is 48.9 Å². The Morgan fingerprint density at radius 3 is 2.76 bits per heavy atom. The molecule has 2 aliphatic rings. The maximum Gasteiger partial charge on any atom is 0.113 e. The Hall–Kier alpha value is -2.23. The Labute approximate surface area is 147 Å². The van der Waals surface area contributed by atoms with Crippen LogP contribution in [0.3, 0.4) is 0 Å². The predicted octanol–water partition coefficient (Wildman–Crippen LogP) is 1.95. The fraction of sp³-hybridized carbons (Fsp3) is 0.526. The van der Waals surface area contributed by atoms with Crippen LogP contribution < -0.4 is 10.2 Å². The molecule has 0 radical (unpaired) electrons. The van der Waals surface area contributed by atoms with Crippen LogP contribution in [0.25, 0.3) is 11.0 Å². The summed E-state index contributed by atoms with van der Waals surface area (Å²) in [6, 6.07) is 6.56. The predicted molar refractivity (Wildman–Crippen MR) is 96.3 cm³/mol. The number of fused-ring (bicyclic) bond motifs is 1. The molecular formula is C19H23N5O. The molecule has 0 saturated carbocycles. The molecule has 0 bridgehead atoms. The summed E-state index contributed by atoms with van der Waals surface area (Å²) < 4.78 is 5.26. The van der Waals surface area contributed by atoms with Gasteiger partial charge in [0.25, 0.3) is 0 Å². The average Bonchev–Trinajstić information content (AvgIpc) is 2.59. The molecule has 4 rings (SSSR count). The molecule has 0 spiro atoms. The van der Waals surface area contributed by atoms with Crippen molar-refractivity contribution >= 4 is 16.7 Å². The van der Waals surface area contributed by atoms with Crippen LogP contribution in [0.2, 0.25) is 0 Å². The molecule has 130 valence electrons. The van der Waals surface area contributed by atoms with Gasteiger partial charge in [-0.15, -0.1) is 0 Å². The lowest BCUT2D eigenvalue weighted by Crippen LogP contribution is -2.51. The molecule has 1 N–H and O–H groups in total. The van der Waals surface area contributed by atoms with Gasteiger partial charge in [-0.05, 0) is 24.5 Å². The van der Waals surface area contributed by atoms with Crippen molar-refractivity contribution in [2.24, 2.45) is 11.8 Å². The average molecular weight is 337 g/mol. The highest BCUT2D eigenvalue weighted by Crippen LogP contribution is 2.30. The molecule has 0 aliphatic carbocycles. The molecule has 0 amide bonds. The molecular weight excluding hydrogens is 314 g/mol. The van der Waals surface area contributed by atoms with E-state index < -0.39 is 0 Å². The van der Waals surface area contributed by atoms with Gasteiger partial charge >= 0.3 is 0 Å². The number of benzene rings is 1. The molecule has 2 fully saturated rings. The molecule has 2 saturated heterocycles. The number of piperidine rings is 1. The lowest BCUT2D eigenvalue weighted by Gasteiger charge is -2.39. The van der Waals surface area contributed by atoms with E-state index in [1.165, 1.54) is 6.42 Å². The van der Waals surface area contributed by atoms with Crippen LogP contribution in [0.4, 0.5) is 5.69 Å². The summed E-state index contributed by atoms with van der Waals surface area (Å²) in [4.78, 5) is 11.3. The summed E-state index contributed by atoms with van der Waals surface area (Å²) in [5, 5.41) is 13.0. The van der Waals surface area contributed by atoms with E-state index in [1.54, 1.807) is 12.4 Å². The second-order valence-electron chi connectivity index (χ2n) is 7.25. The summed E-state index contributed by atoms with van der Waals surface area (Å²) >= 11 is 0. The van der Waals surface area contributed by atoms with Crippen molar-refractivity contribution in [1.29, 1.82) is 5.26 Å². The van der Waals surface area contributed by atoms with Gasteiger partial charge in [-0.2, -0.15) is 5.26 Å². The number of nitrogens with zero attached hydrogens (tertiary/aromatic N) is 4. The Bertz CT molecular complexity index is 798. The van der Waals surface area contributed by atoms with Gasteiger partial charge < -0.3 is 15.0 Å². The fourth-order valence-electron chi connectivity index (χ4n) is 3.82. The number of hydrogen-bond acceptors (Lipinski definition) is 6. The first-order valence-corrected chi connectivity index (χ1v) is 8.94. The SMILES string of the molecule is CC1CC(NCC2COC2)CN(c2ccc(C#N)c3nccnc23)C1. The highest BCUT2D eigenvalue weighted by atomic mass is 16.5.